The van der Waals surface area contributed by atoms with E-state index >= 15 is 0 Å². The van der Waals surface area contributed by atoms with Gasteiger partial charge in [0.1, 0.15) is 10.6 Å². The lowest BCUT2D eigenvalue weighted by atomic mass is 10.3. The van der Waals surface area contributed by atoms with E-state index in [4.69, 9.17) is 0 Å². The van der Waals surface area contributed by atoms with Gasteiger partial charge in [-0.05, 0) is 36.4 Å². The molecule has 0 aliphatic carbocycles. The molecule has 0 spiro atoms. The third-order valence-electron chi connectivity index (χ3n) is 3.05. The first kappa shape index (κ1) is 17.5. The summed E-state index contributed by atoms with van der Waals surface area (Å²) in [5, 5.41) is 15.0. The Morgan fingerprint density at radius 3 is 1.88 bits per heavy atom. The fourth-order valence-corrected chi connectivity index (χ4v) is 3.40. The number of carbonyl (C=O) groups is 2. The lowest BCUT2D eigenvalue weighted by molar-refractivity contribution is -0.115. The van der Waals surface area contributed by atoms with Gasteiger partial charge in [0.05, 0.1) is 4.90 Å². The van der Waals surface area contributed by atoms with Crippen molar-refractivity contribution in [3.8, 4) is 5.75 Å². The number of phenols is 1. The number of anilines is 2. The average molecular weight is 348 g/mol. The van der Waals surface area contributed by atoms with Crippen molar-refractivity contribution in [1.82, 2.24) is 0 Å². The number of benzene rings is 2. The van der Waals surface area contributed by atoms with E-state index in [9.17, 15) is 23.1 Å². The minimum atomic E-state index is -3.94. The second-order valence-corrected chi connectivity index (χ2v) is 6.99. The first-order chi connectivity index (χ1) is 11.2. The van der Waals surface area contributed by atoms with Crippen LogP contribution < -0.4 is 10.6 Å². The van der Waals surface area contributed by atoms with Crippen molar-refractivity contribution in [2.75, 3.05) is 10.6 Å². The zero-order valence-corrected chi connectivity index (χ0v) is 13.8. The van der Waals surface area contributed by atoms with E-state index in [0.29, 0.717) is 11.4 Å². The standard InChI is InChI=1S/C16H16N2O5S/c1-10(19)17-12-3-6-14(7-4-12)24(22,23)16-8-5-13(9-15(16)21)18-11(2)20/h3-9,21H,1-2H3,(H,17,19)(H,18,20). The molecule has 3 N–H and O–H groups in total. The van der Waals surface area contributed by atoms with Crippen LogP contribution in [0.1, 0.15) is 13.8 Å². The van der Waals surface area contributed by atoms with Crippen molar-refractivity contribution >= 4 is 33.0 Å². The number of rotatable bonds is 4. The second-order valence-electron chi connectivity index (χ2n) is 5.07. The zero-order valence-electron chi connectivity index (χ0n) is 13.0. The lowest BCUT2D eigenvalue weighted by Crippen LogP contribution is -2.08. The molecule has 0 unspecified atom stereocenters. The summed E-state index contributed by atoms with van der Waals surface area (Å²) in [6.45, 7) is 2.65. The van der Waals surface area contributed by atoms with Crippen LogP contribution in [0.2, 0.25) is 0 Å². The highest BCUT2D eigenvalue weighted by atomic mass is 32.2. The van der Waals surface area contributed by atoms with Crippen LogP contribution >= 0.6 is 0 Å². The number of carbonyl (C=O) groups excluding carboxylic acids is 2. The van der Waals surface area contributed by atoms with Crippen LogP contribution in [-0.4, -0.2) is 25.3 Å². The van der Waals surface area contributed by atoms with E-state index < -0.39 is 15.6 Å². The molecule has 0 atom stereocenters. The third kappa shape index (κ3) is 3.90. The van der Waals surface area contributed by atoms with Gasteiger partial charge in [-0.25, -0.2) is 8.42 Å². The van der Waals surface area contributed by atoms with Gasteiger partial charge in [0.25, 0.3) is 0 Å². The maximum absolute atomic E-state index is 12.6. The fraction of sp³-hybridized carbons (Fsp3) is 0.125. The van der Waals surface area contributed by atoms with Crippen LogP contribution in [0.5, 0.6) is 5.75 Å². The summed E-state index contributed by atoms with van der Waals surface area (Å²) in [4.78, 5) is 21.7. The molecular weight excluding hydrogens is 332 g/mol. The summed E-state index contributed by atoms with van der Waals surface area (Å²) in [5.74, 6) is -1.07. The fourth-order valence-electron chi connectivity index (χ4n) is 2.07. The number of amides is 2. The Morgan fingerprint density at radius 2 is 1.38 bits per heavy atom. The molecule has 7 nitrogen and oxygen atoms in total. The monoisotopic (exact) mass is 348 g/mol. The van der Waals surface area contributed by atoms with Crippen molar-refractivity contribution in [2.24, 2.45) is 0 Å². The molecule has 0 aliphatic heterocycles. The molecule has 0 bridgehead atoms. The van der Waals surface area contributed by atoms with Crippen molar-refractivity contribution in [3.05, 3.63) is 42.5 Å². The van der Waals surface area contributed by atoms with Gasteiger partial charge >= 0.3 is 0 Å². The largest absolute Gasteiger partial charge is 0.506 e. The number of phenolic OH excluding ortho intramolecular Hbond substituents is 1. The van der Waals surface area contributed by atoms with E-state index in [1.165, 1.54) is 56.3 Å². The Kier molecular flexibility index (Phi) is 4.89. The van der Waals surface area contributed by atoms with Gasteiger partial charge < -0.3 is 15.7 Å². The van der Waals surface area contributed by atoms with Gasteiger partial charge in [-0.2, -0.15) is 0 Å². The first-order valence-corrected chi connectivity index (χ1v) is 8.42. The van der Waals surface area contributed by atoms with Gasteiger partial charge in [0.15, 0.2) is 0 Å². The second kappa shape index (κ2) is 6.71. The van der Waals surface area contributed by atoms with E-state index in [1.807, 2.05) is 0 Å². The third-order valence-corrected chi connectivity index (χ3v) is 4.87. The van der Waals surface area contributed by atoms with Crippen molar-refractivity contribution in [3.63, 3.8) is 0 Å². The summed E-state index contributed by atoms with van der Waals surface area (Å²) < 4.78 is 25.2. The molecule has 0 aromatic heterocycles. The van der Waals surface area contributed by atoms with E-state index in [1.54, 1.807) is 0 Å². The Bertz CT molecular complexity index is 889. The quantitative estimate of drug-likeness (QED) is 0.783. The highest BCUT2D eigenvalue weighted by molar-refractivity contribution is 7.91. The molecule has 0 heterocycles. The molecule has 2 aromatic carbocycles. The van der Waals surface area contributed by atoms with Crippen LogP contribution in [0.3, 0.4) is 0 Å². The molecule has 126 valence electrons. The van der Waals surface area contributed by atoms with Gasteiger partial charge in [-0.3, -0.25) is 9.59 Å². The predicted molar refractivity (Wildman–Crippen MR) is 88.6 cm³/mol. The maximum atomic E-state index is 12.6. The Labute approximate surface area is 139 Å². The number of sulfone groups is 1. The molecule has 2 rings (SSSR count). The summed E-state index contributed by atoms with van der Waals surface area (Å²) in [6, 6.07) is 9.36. The molecule has 0 aliphatic rings. The summed E-state index contributed by atoms with van der Waals surface area (Å²) >= 11 is 0. The SMILES string of the molecule is CC(=O)Nc1ccc(S(=O)(=O)c2ccc(NC(C)=O)cc2O)cc1. The van der Waals surface area contributed by atoms with Gasteiger partial charge in [-0.1, -0.05) is 0 Å². The van der Waals surface area contributed by atoms with Crippen LogP contribution in [-0.2, 0) is 19.4 Å². The number of nitrogens with one attached hydrogen (secondary N) is 2. The van der Waals surface area contributed by atoms with Crippen LogP contribution in [0, 0.1) is 0 Å². The minimum Gasteiger partial charge on any atom is -0.506 e. The zero-order chi connectivity index (χ0) is 17.9. The highest BCUT2D eigenvalue weighted by Crippen LogP contribution is 2.31. The summed E-state index contributed by atoms with van der Waals surface area (Å²) in [5.41, 5.74) is 0.756. The Balaban J connectivity index is 2.36. The van der Waals surface area contributed by atoms with Gasteiger partial charge in [0, 0.05) is 31.3 Å². The molecular formula is C16H16N2O5S. The highest BCUT2D eigenvalue weighted by Gasteiger charge is 2.22. The molecule has 2 aromatic rings. The summed E-state index contributed by atoms with van der Waals surface area (Å²) in [6.07, 6.45) is 0. The normalized spacial score (nSPS) is 10.9. The molecule has 0 fully saturated rings. The Hall–Kier alpha value is -2.87. The molecule has 0 radical (unpaired) electrons. The van der Waals surface area contributed by atoms with Crippen LogP contribution in [0.4, 0.5) is 11.4 Å². The number of hydrogen-bond acceptors (Lipinski definition) is 5. The minimum absolute atomic E-state index is 0.0285. The van der Waals surface area contributed by atoms with Gasteiger partial charge in [0.2, 0.25) is 21.7 Å². The first-order valence-electron chi connectivity index (χ1n) is 6.93. The molecule has 2 amide bonds. The molecule has 0 saturated heterocycles. The number of aromatic hydroxyl groups is 1. The van der Waals surface area contributed by atoms with E-state index in [2.05, 4.69) is 10.6 Å². The average Bonchev–Trinajstić information content (AvgIpc) is 2.46. The van der Waals surface area contributed by atoms with Gasteiger partial charge in [-0.15, -0.1) is 0 Å². The Morgan fingerprint density at radius 1 is 0.875 bits per heavy atom. The lowest BCUT2D eigenvalue weighted by Gasteiger charge is -2.10. The van der Waals surface area contributed by atoms with E-state index in [-0.39, 0.29) is 21.6 Å². The molecule has 0 saturated carbocycles. The molecule has 24 heavy (non-hydrogen) atoms. The van der Waals surface area contributed by atoms with Crippen molar-refractivity contribution in [1.29, 1.82) is 0 Å². The summed E-state index contributed by atoms with van der Waals surface area (Å²) in [7, 11) is -3.94. The van der Waals surface area contributed by atoms with Crippen LogP contribution in [0.25, 0.3) is 0 Å². The van der Waals surface area contributed by atoms with E-state index in [0.717, 1.165) is 0 Å². The molecule has 8 heteroatoms. The van der Waals surface area contributed by atoms with Crippen LogP contribution in [0.15, 0.2) is 52.3 Å². The van der Waals surface area contributed by atoms with Crippen molar-refractivity contribution in [2.45, 2.75) is 23.6 Å². The predicted octanol–water partition coefficient (Wildman–Crippen LogP) is 2.14. The topological polar surface area (TPSA) is 113 Å². The smallest absolute Gasteiger partial charge is 0.221 e. The maximum Gasteiger partial charge on any atom is 0.221 e. The van der Waals surface area contributed by atoms with Crippen molar-refractivity contribution < 1.29 is 23.1 Å². The number of hydrogen-bond donors (Lipinski definition) is 3.